The van der Waals surface area contributed by atoms with Crippen molar-refractivity contribution in [1.82, 2.24) is 14.5 Å². The fourth-order valence-electron chi connectivity index (χ4n) is 2.41. The van der Waals surface area contributed by atoms with Crippen LogP contribution in [0.5, 0.6) is 0 Å². The molecule has 90 valence electrons. The second kappa shape index (κ2) is 3.85. The second-order valence-electron chi connectivity index (χ2n) is 4.26. The number of methoxy groups -OCH3 is 1. The Morgan fingerprint density at radius 2 is 2.35 bits per heavy atom. The lowest BCUT2D eigenvalue weighted by Crippen LogP contribution is -2.34. The maximum atomic E-state index is 5.92. The third-order valence-corrected chi connectivity index (χ3v) is 3.28. The molecule has 0 bridgehead atoms. The normalized spacial score (nSPS) is 19.0. The molecule has 2 aromatic heterocycles. The van der Waals surface area contributed by atoms with Gasteiger partial charge in [-0.3, -0.25) is 0 Å². The Labute approximate surface area is 104 Å². The van der Waals surface area contributed by atoms with Gasteiger partial charge in [-0.1, -0.05) is 0 Å². The molecule has 1 aliphatic heterocycles. The van der Waals surface area contributed by atoms with E-state index in [4.69, 9.17) is 16.3 Å². The summed E-state index contributed by atoms with van der Waals surface area (Å²) in [6.07, 6.45) is 2.02. The molecule has 0 radical (unpaired) electrons. The van der Waals surface area contributed by atoms with E-state index in [0.717, 1.165) is 23.4 Å². The molecule has 2 aromatic rings. The molecule has 0 aromatic carbocycles. The van der Waals surface area contributed by atoms with E-state index in [1.165, 1.54) is 0 Å². The zero-order valence-corrected chi connectivity index (χ0v) is 10.5. The average Bonchev–Trinajstić information content (AvgIpc) is 2.69. The Bertz CT molecular complexity index is 568. The Morgan fingerprint density at radius 3 is 3.12 bits per heavy atom. The quantitative estimate of drug-likeness (QED) is 0.764. The summed E-state index contributed by atoms with van der Waals surface area (Å²) >= 11 is 5.92. The number of hydrogen-bond acceptors (Lipinski definition) is 4. The summed E-state index contributed by atoms with van der Waals surface area (Å²) in [5, 5.41) is 0.294. The van der Waals surface area contributed by atoms with E-state index in [-0.39, 0.29) is 0 Å². The Balaban J connectivity index is 2.24. The molecule has 0 saturated carbocycles. The minimum atomic E-state index is 0.291. The standard InChI is InChI=1S/C11H13ClN4O/c1-15-5-7(6-17-2)16-4-3-8-9(16)10(15)14-11(12)13-8/h3-4,7H,5-6H2,1-2H3/t7-/m1/s1. The lowest BCUT2D eigenvalue weighted by atomic mass is 10.2. The van der Waals surface area contributed by atoms with Crippen LogP contribution in [0.25, 0.3) is 11.0 Å². The van der Waals surface area contributed by atoms with Crippen molar-refractivity contribution in [3.63, 3.8) is 0 Å². The van der Waals surface area contributed by atoms with Crippen LogP contribution in [-0.2, 0) is 4.74 Å². The summed E-state index contributed by atoms with van der Waals surface area (Å²) in [7, 11) is 3.73. The molecule has 1 aliphatic rings. The van der Waals surface area contributed by atoms with Gasteiger partial charge < -0.3 is 14.2 Å². The molecule has 6 heteroatoms. The van der Waals surface area contributed by atoms with Gasteiger partial charge in [-0.25, -0.2) is 4.98 Å². The topological polar surface area (TPSA) is 43.2 Å². The lowest BCUT2D eigenvalue weighted by molar-refractivity contribution is 0.158. The van der Waals surface area contributed by atoms with E-state index in [1.54, 1.807) is 7.11 Å². The maximum Gasteiger partial charge on any atom is 0.225 e. The van der Waals surface area contributed by atoms with Crippen LogP contribution in [0.3, 0.4) is 0 Å². The number of nitrogens with zero attached hydrogens (tertiary/aromatic N) is 4. The third kappa shape index (κ3) is 1.57. The van der Waals surface area contributed by atoms with Crippen molar-refractivity contribution in [3.05, 3.63) is 17.5 Å². The monoisotopic (exact) mass is 252 g/mol. The number of anilines is 1. The first-order chi connectivity index (χ1) is 8.20. The molecule has 3 rings (SSSR count). The highest BCUT2D eigenvalue weighted by atomic mass is 35.5. The van der Waals surface area contributed by atoms with Gasteiger partial charge >= 0.3 is 0 Å². The van der Waals surface area contributed by atoms with Crippen molar-refractivity contribution in [2.75, 3.05) is 32.2 Å². The van der Waals surface area contributed by atoms with Gasteiger partial charge in [0.25, 0.3) is 0 Å². The van der Waals surface area contributed by atoms with Crippen molar-refractivity contribution in [2.45, 2.75) is 6.04 Å². The largest absolute Gasteiger partial charge is 0.382 e. The minimum absolute atomic E-state index is 0.291. The van der Waals surface area contributed by atoms with Gasteiger partial charge in [0, 0.05) is 26.9 Å². The van der Waals surface area contributed by atoms with Crippen LogP contribution in [0.2, 0.25) is 5.28 Å². The Kier molecular flexibility index (Phi) is 2.45. The molecular weight excluding hydrogens is 240 g/mol. The molecule has 17 heavy (non-hydrogen) atoms. The zero-order chi connectivity index (χ0) is 12.0. The summed E-state index contributed by atoms with van der Waals surface area (Å²) in [5.41, 5.74) is 1.91. The zero-order valence-electron chi connectivity index (χ0n) is 9.72. The molecule has 0 spiro atoms. The molecule has 3 heterocycles. The van der Waals surface area contributed by atoms with Crippen LogP contribution in [0.4, 0.5) is 5.82 Å². The first-order valence-corrected chi connectivity index (χ1v) is 5.82. The molecule has 5 nitrogen and oxygen atoms in total. The van der Waals surface area contributed by atoms with Gasteiger partial charge in [0.15, 0.2) is 5.82 Å². The first kappa shape index (κ1) is 10.8. The predicted octanol–water partition coefficient (Wildman–Crippen LogP) is 1.72. The van der Waals surface area contributed by atoms with Crippen molar-refractivity contribution in [2.24, 2.45) is 0 Å². The average molecular weight is 253 g/mol. The fraction of sp³-hybridized carbons (Fsp3) is 0.455. The number of aromatic nitrogens is 3. The number of likely N-dealkylation sites (N-methyl/N-ethyl adjacent to an activating group) is 1. The summed E-state index contributed by atoms with van der Waals surface area (Å²) in [6.45, 7) is 1.54. The summed E-state index contributed by atoms with van der Waals surface area (Å²) in [4.78, 5) is 10.6. The van der Waals surface area contributed by atoms with E-state index in [0.29, 0.717) is 17.9 Å². The first-order valence-electron chi connectivity index (χ1n) is 5.45. The molecule has 0 amide bonds. The number of halogens is 1. The smallest absolute Gasteiger partial charge is 0.225 e. The Morgan fingerprint density at radius 1 is 1.53 bits per heavy atom. The molecule has 0 fully saturated rings. The summed E-state index contributed by atoms with van der Waals surface area (Å²) in [5.74, 6) is 0.886. The Hall–Kier alpha value is -1.33. The van der Waals surface area contributed by atoms with Gasteiger partial charge in [0.05, 0.1) is 18.2 Å². The van der Waals surface area contributed by atoms with Crippen LogP contribution >= 0.6 is 11.6 Å². The molecule has 0 unspecified atom stereocenters. The van der Waals surface area contributed by atoms with E-state index in [9.17, 15) is 0 Å². The summed E-state index contributed by atoms with van der Waals surface area (Å²) in [6, 6.07) is 2.26. The van der Waals surface area contributed by atoms with E-state index in [1.807, 2.05) is 19.3 Å². The minimum Gasteiger partial charge on any atom is -0.382 e. The van der Waals surface area contributed by atoms with Crippen LogP contribution in [0.15, 0.2) is 12.3 Å². The van der Waals surface area contributed by atoms with Gasteiger partial charge in [0.1, 0.15) is 5.52 Å². The van der Waals surface area contributed by atoms with Crippen LogP contribution < -0.4 is 4.90 Å². The highest BCUT2D eigenvalue weighted by Gasteiger charge is 2.26. The lowest BCUT2D eigenvalue weighted by Gasteiger charge is -2.32. The third-order valence-electron chi connectivity index (χ3n) is 3.12. The fourth-order valence-corrected chi connectivity index (χ4v) is 2.58. The van der Waals surface area contributed by atoms with Crippen molar-refractivity contribution >= 4 is 28.5 Å². The van der Waals surface area contributed by atoms with Crippen LogP contribution in [0, 0.1) is 0 Å². The van der Waals surface area contributed by atoms with Gasteiger partial charge in [-0.2, -0.15) is 4.98 Å². The van der Waals surface area contributed by atoms with Crippen LogP contribution in [0.1, 0.15) is 6.04 Å². The van der Waals surface area contributed by atoms with E-state index >= 15 is 0 Å². The highest BCUT2D eigenvalue weighted by molar-refractivity contribution is 6.28. The maximum absolute atomic E-state index is 5.92. The van der Waals surface area contributed by atoms with Gasteiger partial charge in [-0.15, -0.1) is 0 Å². The van der Waals surface area contributed by atoms with Crippen molar-refractivity contribution in [3.8, 4) is 0 Å². The van der Waals surface area contributed by atoms with Crippen LogP contribution in [-0.4, -0.2) is 41.8 Å². The predicted molar refractivity (Wildman–Crippen MR) is 66.7 cm³/mol. The molecule has 0 N–H and O–H groups in total. The number of ether oxygens (including phenoxy) is 1. The van der Waals surface area contributed by atoms with Crippen molar-refractivity contribution in [1.29, 1.82) is 0 Å². The SMILES string of the molecule is COC[C@H]1CN(C)c2nc(Cl)nc3ccn1c23. The molecule has 0 aliphatic carbocycles. The highest BCUT2D eigenvalue weighted by Crippen LogP contribution is 2.33. The number of hydrogen-bond donors (Lipinski definition) is 0. The number of rotatable bonds is 2. The van der Waals surface area contributed by atoms with E-state index < -0.39 is 0 Å². The van der Waals surface area contributed by atoms with Gasteiger partial charge in [-0.05, 0) is 17.7 Å². The van der Waals surface area contributed by atoms with Crippen molar-refractivity contribution < 1.29 is 4.74 Å². The molecular formula is C11H13ClN4O. The molecule has 1 atom stereocenters. The summed E-state index contributed by atoms with van der Waals surface area (Å²) < 4.78 is 7.43. The second-order valence-corrected chi connectivity index (χ2v) is 4.60. The molecule has 0 saturated heterocycles. The van der Waals surface area contributed by atoms with E-state index in [2.05, 4.69) is 19.4 Å². The van der Waals surface area contributed by atoms with Gasteiger partial charge in [0.2, 0.25) is 5.28 Å².